The number of aliphatic hydroxyl groups is 2. The van der Waals surface area contributed by atoms with Crippen LogP contribution in [-0.4, -0.2) is 114 Å². The van der Waals surface area contributed by atoms with Crippen molar-refractivity contribution in [1.82, 2.24) is 0 Å². The molecular weight excluding hydrogens is 1040 g/mol. The molecule has 0 fully saturated rings. The zero-order valence-corrected chi connectivity index (χ0v) is 46.0. The monoisotopic (exact) mass is 1130 g/mol. The molecule has 0 aromatic carbocycles. The van der Waals surface area contributed by atoms with E-state index in [1.165, 1.54) is 120 Å². The van der Waals surface area contributed by atoms with Crippen molar-refractivity contribution in [3.05, 3.63) is 0 Å². The zero-order chi connectivity index (χ0) is 35.0. The van der Waals surface area contributed by atoms with Crippen molar-refractivity contribution in [2.75, 3.05) is 13.2 Å². The molecule has 0 saturated heterocycles. The number of aliphatic hydroxyl groups excluding tert-OH is 2. The van der Waals surface area contributed by atoms with E-state index >= 15 is 0 Å². The molecule has 6 N–H and O–H groups in total. The molecule has 0 bridgehead atoms. The molecule has 0 saturated carbocycles. The molecule has 0 aliphatic heterocycles. The average Bonchev–Trinajstić information content (AvgIpc) is 3.02. The summed E-state index contributed by atoms with van der Waals surface area (Å²) in [6.07, 6.45) is 22.5. The Balaban J connectivity index is -0.0000000649. The Hall–Kier alpha value is 3.61. The summed E-state index contributed by atoms with van der Waals surface area (Å²) in [5.74, 6) is 0. The van der Waals surface area contributed by atoms with E-state index in [-0.39, 0.29) is 66.5 Å². The van der Waals surface area contributed by atoms with Gasteiger partial charge in [-0.25, -0.2) is 0 Å². The smallest absolute Gasteiger partial charge is 0.0402 e. The molecular formula is C36H88Cl2O4Sn4. The summed E-state index contributed by atoms with van der Waals surface area (Å²) in [6, 6.07) is 0. The fraction of sp³-hybridized carbons (Fsp3) is 1.00. The maximum atomic E-state index is 7.57. The first kappa shape index (κ1) is 67.7. The predicted molar refractivity (Wildman–Crippen MR) is 225 cm³/mol. The molecule has 0 amide bonds. The van der Waals surface area contributed by atoms with Crippen LogP contribution >= 0.6 is 17.8 Å². The Kier molecular flexibility index (Phi) is 115. The van der Waals surface area contributed by atoms with E-state index in [1.807, 2.05) is 0 Å². The number of hydrogen-bond donors (Lipinski definition) is 2. The van der Waals surface area contributed by atoms with Crippen LogP contribution in [0.4, 0.5) is 0 Å². The molecule has 286 valence electrons. The molecule has 6 radical (unpaired) electrons. The van der Waals surface area contributed by atoms with E-state index in [9.17, 15) is 0 Å². The Morgan fingerprint density at radius 3 is 0.652 bits per heavy atom. The van der Waals surface area contributed by atoms with Gasteiger partial charge in [-0.05, 0) is 13.8 Å². The SMILES string of the molecule is CCC[CH2][Sn]([Cl])[CH2]CCC.CCC[CH2][Sn]([Cl])[CH2]CCC.CCC[CH2][Sn][CH2]CCC.CCC[CH2][Sn][CH2]CCC.CCO.CCO.O.O. The van der Waals surface area contributed by atoms with E-state index in [1.54, 1.807) is 31.6 Å². The van der Waals surface area contributed by atoms with Gasteiger partial charge in [-0.1, -0.05) is 0 Å². The van der Waals surface area contributed by atoms with Crippen LogP contribution in [0.5, 0.6) is 0 Å². The molecule has 0 unspecified atom stereocenters. The van der Waals surface area contributed by atoms with E-state index in [0.717, 1.165) is 0 Å². The second-order valence-electron chi connectivity index (χ2n) is 11.0. The standard InChI is InChI=1S/8C4H9.2C2H6O.2ClH.2H2O.4Sn/c8*1-3-4-2;2*1-2-3;;;;;;;;/h8*1,3-4H2,2H3;2*3H,2H2,1H3;2*1H;2*1H2;;;;/q;;;;;;;;;;;;;;;;2*+1/p-2. The molecule has 4 nitrogen and oxygen atoms in total. The van der Waals surface area contributed by atoms with Gasteiger partial charge in [0, 0.05) is 13.2 Å². The minimum absolute atomic E-state index is 0. The van der Waals surface area contributed by atoms with Crippen molar-refractivity contribution < 1.29 is 21.2 Å². The van der Waals surface area contributed by atoms with Crippen LogP contribution < -0.4 is 0 Å². The van der Waals surface area contributed by atoms with Crippen molar-refractivity contribution in [2.45, 2.75) is 207 Å². The maximum Gasteiger partial charge on any atom is 0.0402 e. The molecule has 0 aromatic heterocycles. The summed E-state index contributed by atoms with van der Waals surface area (Å²) in [5.41, 5.74) is 0. The average molecular weight is 1130 g/mol. The Morgan fingerprint density at radius 1 is 0.370 bits per heavy atom. The number of unbranched alkanes of at least 4 members (excludes halogenated alkanes) is 8. The van der Waals surface area contributed by atoms with E-state index in [2.05, 4.69) is 55.4 Å². The van der Waals surface area contributed by atoms with Crippen LogP contribution in [0, 0.1) is 0 Å². The summed E-state index contributed by atoms with van der Waals surface area (Å²) >= 11 is -2.24. The van der Waals surface area contributed by atoms with Crippen LogP contribution in [0.1, 0.15) is 172 Å². The molecule has 0 aliphatic rings. The third kappa shape index (κ3) is 104. The van der Waals surface area contributed by atoms with Crippen molar-refractivity contribution in [1.29, 1.82) is 0 Å². The molecule has 0 spiro atoms. The van der Waals surface area contributed by atoms with Crippen LogP contribution in [0.3, 0.4) is 0 Å². The summed E-state index contributed by atoms with van der Waals surface area (Å²) in [6.45, 7) is 22.0. The van der Waals surface area contributed by atoms with Gasteiger partial charge in [-0.2, -0.15) is 0 Å². The second kappa shape index (κ2) is 77.9. The third-order valence-electron chi connectivity index (χ3n) is 6.03. The van der Waals surface area contributed by atoms with Gasteiger partial charge in [-0.15, -0.1) is 0 Å². The van der Waals surface area contributed by atoms with Crippen molar-refractivity contribution in [3.8, 4) is 0 Å². The molecule has 10 heteroatoms. The fourth-order valence-corrected chi connectivity index (χ4v) is 24.9. The van der Waals surface area contributed by atoms with Gasteiger partial charge in [0.25, 0.3) is 0 Å². The van der Waals surface area contributed by atoms with Gasteiger partial charge < -0.3 is 21.2 Å². The van der Waals surface area contributed by atoms with Crippen LogP contribution in [0.2, 0.25) is 35.5 Å². The predicted octanol–water partition coefficient (Wildman–Crippen LogP) is 12.2. The topological polar surface area (TPSA) is 103 Å². The number of hydrogen-bond acceptors (Lipinski definition) is 2. The van der Waals surface area contributed by atoms with Crippen molar-refractivity contribution in [3.63, 3.8) is 0 Å². The number of rotatable bonds is 24. The molecule has 0 aromatic rings. The van der Waals surface area contributed by atoms with Gasteiger partial charge in [0.05, 0.1) is 0 Å². The minimum atomic E-state index is -1.27. The third-order valence-corrected chi connectivity index (χ3v) is 29.4. The Bertz CT molecular complexity index is 334. The molecule has 0 rings (SSSR count). The Morgan fingerprint density at radius 2 is 0.522 bits per heavy atom. The first-order valence-electron chi connectivity index (χ1n) is 18.9. The number of halogens is 2. The summed E-state index contributed by atoms with van der Waals surface area (Å²) < 4.78 is 12.1. The fourth-order valence-electron chi connectivity index (χ4n) is 3.18. The zero-order valence-electron chi connectivity index (χ0n) is 33.0. The van der Waals surface area contributed by atoms with Gasteiger partial charge in [0.15, 0.2) is 0 Å². The minimum Gasteiger partial charge on any atom is -0.412 e. The quantitative estimate of drug-likeness (QED) is 0.0743. The Labute approximate surface area is 335 Å². The van der Waals surface area contributed by atoms with Crippen LogP contribution in [-0.2, 0) is 0 Å². The second-order valence-corrected chi connectivity index (χ2v) is 38.3. The van der Waals surface area contributed by atoms with Crippen LogP contribution in [0.15, 0.2) is 0 Å². The molecule has 0 atom stereocenters. The largest absolute Gasteiger partial charge is 0.412 e. The van der Waals surface area contributed by atoms with Gasteiger partial charge in [-0.3, -0.25) is 0 Å². The first-order valence-corrected chi connectivity index (χ1v) is 42.3. The van der Waals surface area contributed by atoms with Gasteiger partial charge >= 0.3 is 291 Å². The van der Waals surface area contributed by atoms with E-state index < -0.39 is 37.3 Å². The normalized spacial score (nSPS) is 9.39. The molecule has 0 aliphatic carbocycles. The van der Waals surface area contributed by atoms with Crippen LogP contribution in [0.25, 0.3) is 0 Å². The van der Waals surface area contributed by atoms with Crippen molar-refractivity contribution in [2.24, 2.45) is 0 Å². The molecule has 0 heterocycles. The van der Waals surface area contributed by atoms with Gasteiger partial charge in [0.2, 0.25) is 0 Å². The van der Waals surface area contributed by atoms with E-state index in [0.29, 0.717) is 0 Å². The van der Waals surface area contributed by atoms with Gasteiger partial charge in [0.1, 0.15) is 0 Å². The summed E-state index contributed by atoms with van der Waals surface area (Å²) in [7, 11) is 12.5. The molecule has 46 heavy (non-hydrogen) atoms. The maximum absolute atomic E-state index is 7.57. The first-order chi connectivity index (χ1) is 21.3. The summed E-state index contributed by atoms with van der Waals surface area (Å²) in [4.78, 5) is 0. The van der Waals surface area contributed by atoms with Crippen molar-refractivity contribution >= 4 is 97.4 Å². The van der Waals surface area contributed by atoms with E-state index in [4.69, 9.17) is 28.1 Å². The summed E-state index contributed by atoms with van der Waals surface area (Å²) in [5, 5.41) is 15.1.